The number of methoxy groups -OCH3 is 1. The summed E-state index contributed by atoms with van der Waals surface area (Å²) in [6.07, 6.45) is 0. The van der Waals surface area contributed by atoms with Crippen LogP contribution in [-0.4, -0.2) is 23.9 Å². The zero-order valence-electron chi connectivity index (χ0n) is 9.52. The fourth-order valence-electron chi connectivity index (χ4n) is 1.61. The number of furan rings is 1. The van der Waals surface area contributed by atoms with Crippen molar-refractivity contribution in [2.45, 2.75) is 11.8 Å². The Bertz CT molecular complexity index is 559. The maximum atomic E-state index is 11.1. The topological polar surface area (TPSA) is 59.7 Å². The van der Waals surface area contributed by atoms with Crippen LogP contribution in [0.2, 0.25) is 0 Å². The van der Waals surface area contributed by atoms with Gasteiger partial charge in [-0.3, -0.25) is 0 Å². The normalized spacial score (nSPS) is 10.7. The lowest BCUT2D eigenvalue weighted by Crippen LogP contribution is -1.95. The molecule has 2 aromatic rings. The number of ether oxygens (including phenoxy) is 1. The molecule has 1 heterocycles. The summed E-state index contributed by atoms with van der Waals surface area (Å²) >= 11 is 1.46. The molecule has 1 aromatic carbocycles. The van der Waals surface area contributed by atoms with Crippen LogP contribution in [0.4, 0.5) is 0 Å². The van der Waals surface area contributed by atoms with Crippen LogP contribution in [0.25, 0.3) is 11.0 Å². The summed E-state index contributed by atoms with van der Waals surface area (Å²) in [5, 5.41) is 9.87. The van der Waals surface area contributed by atoms with Crippen molar-refractivity contribution in [2.24, 2.45) is 0 Å². The fourth-order valence-corrected chi connectivity index (χ4v) is 2.47. The number of aromatic carboxylic acids is 1. The van der Waals surface area contributed by atoms with Gasteiger partial charge in [0.25, 0.3) is 0 Å². The summed E-state index contributed by atoms with van der Waals surface area (Å²) < 4.78 is 10.5. The second-order valence-electron chi connectivity index (χ2n) is 3.36. The first-order valence-electron chi connectivity index (χ1n) is 5.14. The van der Waals surface area contributed by atoms with E-state index in [0.29, 0.717) is 16.2 Å². The highest BCUT2D eigenvalue weighted by atomic mass is 32.2. The summed E-state index contributed by atoms with van der Waals surface area (Å²) in [6.45, 7) is 1.97. The lowest BCUT2D eigenvalue weighted by Gasteiger charge is -1.99. The van der Waals surface area contributed by atoms with Crippen molar-refractivity contribution in [3.63, 3.8) is 0 Å². The van der Waals surface area contributed by atoms with E-state index in [9.17, 15) is 4.79 Å². The van der Waals surface area contributed by atoms with Crippen LogP contribution in [0.15, 0.2) is 27.5 Å². The molecule has 0 saturated carbocycles. The molecule has 0 unspecified atom stereocenters. The predicted octanol–water partition coefficient (Wildman–Crippen LogP) is 3.25. The minimum absolute atomic E-state index is 0.0000954. The van der Waals surface area contributed by atoms with Crippen molar-refractivity contribution in [3.8, 4) is 5.75 Å². The molecule has 17 heavy (non-hydrogen) atoms. The van der Waals surface area contributed by atoms with Crippen molar-refractivity contribution in [1.82, 2.24) is 0 Å². The number of hydrogen-bond acceptors (Lipinski definition) is 4. The Balaban J connectivity index is 2.67. The molecule has 0 radical (unpaired) electrons. The summed E-state index contributed by atoms with van der Waals surface area (Å²) in [6, 6.07) is 5.27. The molecule has 0 bridgehead atoms. The third kappa shape index (κ3) is 2.10. The van der Waals surface area contributed by atoms with E-state index in [1.165, 1.54) is 11.8 Å². The standard InChI is InChI=1S/C12H12O4S/c1-3-17-11-8-6-7(15-2)4-5-9(8)16-10(11)12(13)14/h4-6H,3H2,1-2H3,(H,13,14). The van der Waals surface area contributed by atoms with Crippen molar-refractivity contribution in [2.75, 3.05) is 12.9 Å². The van der Waals surface area contributed by atoms with Crippen LogP contribution in [0, 0.1) is 0 Å². The molecule has 90 valence electrons. The zero-order valence-corrected chi connectivity index (χ0v) is 10.3. The number of thioether (sulfide) groups is 1. The predicted molar refractivity (Wildman–Crippen MR) is 66.1 cm³/mol. The van der Waals surface area contributed by atoms with Crippen molar-refractivity contribution < 1.29 is 19.1 Å². The average Bonchev–Trinajstić information content (AvgIpc) is 2.68. The largest absolute Gasteiger partial charge is 0.497 e. The molecule has 0 aliphatic heterocycles. The monoisotopic (exact) mass is 252 g/mol. The van der Waals surface area contributed by atoms with Gasteiger partial charge in [0.15, 0.2) is 0 Å². The number of hydrogen-bond donors (Lipinski definition) is 1. The molecule has 0 saturated heterocycles. The Labute approximate surface area is 103 Å². The number of carboxylic acids is 1. The molecule has 4 nitrogen and oxygen atoms in total. The molecule has 0 aliphatic carbocycles. The molecular formula is C12H12O4S. The average molecular weight is 252 g/mol. The van der Waals surface area contributed by atoms with Gasteiger partial charge in [-0.1, -0.05) is 6.92 Å². The van der Waals surface area contributed by atoms with Gasteiger partial charge < -0.3 is 14.3 Å². The Morgan fingerprint density at radius 3 is 2.88 bits per heavy atom. The second-order valence-corrected chi connectivity index (χ2v) is 4.63. The number of rotatable bonds is 4. The first-order valence-corrected chi connectivity index (χ1v) is 6.12. The summed E-state index contributed by atoms with van der Waals surface area (Å²) in [7, 11) is 1.58. The van der Waals surface area contributed by atoms with Gasteiger partial charge in [-0.15, -0.1) is 11.8 Å². The van der Waals surface area contributed by atoms with E-state index in [2.05, 4.69) is 0 Å². The number of carbonyl (C=O) groups is 1. The number of benzene rings is 1. The van der Waals surface area contributed by atoms with Gasteiger partial charge >= 0.3 is 5.97 Å². The van der Waals surface area contributed by atoms with E-state index in [0.717, 1.165) is 11.1 Å². The molecule has 5 heteroatoms. The molecule has 0 amide bonds. The Morgan fingerprint density at radius 2 is 2.29 bits per heavy atom. The molecule has 0 aliphatic rings. The summed E-state index contributed by atoms with van der Waals surface area (Å²) in [4.78, 5) is 11.7. The van der Waals surface area contributed by atoms with E-state index in [-0.39, 0.29) is 5.76 Å². The zero-order chi connectivity index (χ0) is 12.4. The Hall–Kier alpha value is -1.62. The van der Waals surface area contributed by atoms with Crippen LogP contribution in [0.5, 0.6) is 5.75 Å². The maximum absolute atomic E-state index is 11.1. The number of fused-ring (bicyclic) bond motifs is 1. The van der Waals surface area contributed by atoms with E-state index in [1.54, 1.807) is 25.3 Å². The minimum atomic E-state index is -1.05. The van der Waals surface area contributed by atoms with E-state index >= 15 is 0 Å². The van der Waals surface area contributed by atoms with Crippen LogP contribution in [0.3, 0.4) is 0 Å². The van der Waals surface area contributed by atoms with E-state index < -0.39 is 5.97 Å². The SMILES string of the molecule is CCSc1c(C(=O)O)oc2ccc(OC)cc12. The molecular weight excluding hydrogens is 240 g/mol. The van der Waals surface area contributed by atoms with E-state index in [1.807, 2.05) is 6.92 Å². The molecule has 1 aromatic heterocycles. The van der Waals surface area contributed by atoms with Crippen LogP contribution in [-0.2, 0) is 0 Å². The van der Waals surface area contributed by atoms with Gasteiger partial charge in [-0.25, -0.2) is 4.79 Å². The van der Waals surface area contributed by atoms with Crippen LogP contribution in [0.1, 0.15) is 17.5 Å². The quantitative estimate of drug-likeness (QED) is 0.846. The molecule has 0 spiro atoms. The first-order chi connectivity index (χ1) is 8.17. The van der Waals surface area contributed by atoms with Crippen molar-refractivity contribution >= 4 is 28.7 Å². The highest BCUT2D eigenvalue weighted by Crippen LogP contribution is 2.36. The Morgan fingerprint density at radius 1 is 1.53 bits per heavy atom. The van der Waals surface area contributed by atoms with Crippen LogP contribution >= 0.6 is 11.8 Å². The lowest BCUT2D eigenvalue weighted by molar-refractivity contribution is 0.0660. The van der Waals surface area contributed by atoms with E-state index in [4.69, 9.17) is 14.3 Å². The molecule has 2 rings (SSSR count). The van der Waals surface area contributed by atoms with Gasteiger partial charge in [-0.05, 0) is 24.0 Å². The highest BCUT2D eigenvalue weighted by Gasteiger charge is 2.20. The first kappa shape index (κ1) is 11.9. The molecule has 0 atom stereocenters. The Kier molecular flexibility index (Phi) is 3.28. The summed E-state index contributed by atoms with van der Waals surface area (Å²) in [5.74, 6) is 0.427. The second kappa shape index (κ2) is 4.71. The smallest absolute Gasteiger partial charge is 0.373 e. The number of carboxylic acid groups (broad SMARTS) is 1. The molecule has 0 fully saturated rings. The third-order valence-electron chi connectivity index (χ3n) is 2.33. The highest BCUT2D eigenvalue weighted by molar-refractivity contribution is 7.99. The van der Waals surface area contributed by atoms with Crippen LogP contribution < -0.4 is 4.74 Å². The summed E-state index contributed by atoms with van der Waals surface area (Å²) in [5.41, 5.74) is 0.569. The third-order valence-corrected chi connectivity index (χ3v) is 3.32. The van der Waals surface area contributed by atoms with Crippen molar-refractivity contribution in [3.05, 3.63) is 24.0 Å². The van der Waals surface area contributed by atoms with Gasteiger partial charge in [0.1, 0.15) is 11.3 Å². The fraction of sp³-hybridized carbons (Fsp3) is 0.250. The van der Waals surface area contributed by atoms with Gasteiger partial charge in [-0.2, -0.15) is 0 Å². The minimum Gasteiger partial charge on any atom is -0.497 e. The maximum Gasteiger partial charge on any atom is 0.373 e. The van der Waals surface area contributed by atoms with Crippen molar-refractivity contribution in [1.29, 1.82) is 0 Å². The van der Waals surface area contributed by atoms with Gasteiger partial charge in [0, 0.05) is 5.39 Å². The van der Waals surface area contributed by atoms with Gasteiger partial charge in [0.05, 0.1) is 12.0 Å². The van der Waals surface area contributed by atoms with Gasteiger partial charge in [0.2, 0.25) is 5.76 Å². The molecule has 1 N–H and O–H groups in total. The lowest BCUT2D eigenvalue weighted by atomic mass is 10.2.